The fourth-order valence-corrected chi connectivity index (χ4v) is 2.66. The van der Waals surface area contributed by atoms with E-state index in [1.807, 2.05) is 74.4 Å². The van der Waals surface area contributed by atoms with Crippen LogP contribution in [0.4, 0.5) is 5.69 Å². The van der Waals surface area contributed by atoms with Crippen molar-refractivity contribution in [1.29, 1.82) is 0 Å². The zero-order chi connectivity index (χ0) is 20.4. The predicted molar refractivity (Wildman–Crippen MR) is 111 cm³/mol. The van der Waals surface area contributed by atoms with Gasteiger partial charge in [0.25, 0.3) is 0 Å². The number of hydrogen-bond acceptors (Lipinski definition) is 4. The van der Waals surface area contributed by atoms with Gasteiger partial charge < -0.3 is 20.3 Å². The molecule has 0 atom stereocenters. The van der Waals surface area contributed by atoms with Crippen LogP contribution in [0, 0.1) is 6.92 Å². The third-order valence-electron chi connectivity index (χ3n) is 3.97. The lowest BCUT2D eigenvalue weighted by Crippen LogP contribution is -2.27. The van der Waals surface area contributed by atoms with E-state index in [-0.39, 0.29) is 11.8 Å². The van der Waals surface area contributed by atoms with E-state index in [2.05, 4.69) is 10.6 Å². The Morgan fingerprint density at radius 2 is 1.82 bits per heavy atom. The summed E-state index contributed by atoms with van der Waals surface area (Å²) in [6, 6.07) is 15.3. The fourth-order valence-electron chi connectivity index (χ4n) is 2.66. The smallest absolute Gasteiger partial charge is 0.238 e. The van der Waals surface area contributed by atoms with Crippen LogP contribution >= 0.6 is 0 Å². The molecule has 0 saturated carbocycles. The highest BCUT2D eigenvalue weighted by molar-refractivity contribution is 5.92. The lowest BCUT2D eigenvalue weighted by atomic mass is 10.2. The number of amides is 2. The van der Waals surface area contributed by atoms with Crippen molar-refractivity contribution in [3.05, 3.63) is 59.7 Å². The van der Waals surface area contributed by atoms with Crippen LogP contribution in [0.2, 0.25) is 0 Å². The van der Waals surface area contributed by atoms with Crippen LogP contribution in [0.1, 0.15) is 24.0 Å². The first-order chi connectivity index (χ1) is 13.4. The number of likely N-dealkylation sites (N-methyl/N-ethyl adjacent to an activating group) is 1. The minimum atomic E-state index is -0.0696. The van der Waals surface area contributed by atoms with Gasteiger partial charge in [0.15, 0.2) is 0 Å². The van der Waals surface area contributed by atoms with Crippen molar-refractivity contribution in [2.24, 2.45) is 0 Å². The Hall–Kier alpha value is -2.86. The van der Waals surface area contributed by atoms with E-state index >= 15 is 0 Å². The minimum Gasteiger partial charge on any atom is -0.494 e. The number of carbonyl (C=O) groups is 2. The molecule has 28 heavy (non-hydrogen) atoms. The molecule has 0 aliphatic heterocycles. The largest absolute Gasteiger partial charge is 0.494 e. The van der Waals surface area contributed by atoms with Gasteiger partial charge in [0.2, 0.25) is 11.8 Å². The molecule has 0 unspecified atom stereocenters. The third-order valence-corrected chi connectivity index (χ3v) is 3.97. The van der Waals surface area contributed by atoms with E-state index in [1.54, 1.807) is 0 Å². The lowest BCUT2D eigenvalue weighted by Gasteiger charge is -2.11. The zero-order valence-corrected chi connectivity index (χ0v) is 16.8. The number of hydrogen-bond donors (Lipinski definition) is 2. The van der Waals surface area contributed by atoms with Gasteiger partial charge in [0.05, 0.1) is 13.2 Å². The average molecular weight is 383 g/mol. The SMILES string of the molecule is Cc1cccc(OCCCC(=O)NCc2cccc(NC(=O)CN(C)C)c2)c1. The summed E-state index contributed by atoms with van der Waals surface area (Å²) < 4.78 is 5.66. The second kappa shape index (κ2) is 11.1. The van der Waals surface area contributed by atoms with Crippen LogP contribution in [-0.4, -0.2) is 44.0 Å². The normalized spacial score (nSPS) is 10.6. The van der Waals surface area contributed by atoms with Crippen molar-refractivity contribution in [2.45, 2.75) is 26.3 Å². The van der Waals surface area contributed by atoms with Crippen molar-refractivity contribution in [3.63, 3.8) is 0 Å². The highest BCUT2D eigenvalue weighted by Crippen LogP contribution is 2.13. The molecule has 6 nitrogen and oxygen atoms in total. The number of rotatable bonds is 10. The fraction of sp³-hybridized carbons (Fsp3) is 0.364. The number of carbonyl (C=O) groups excluding carboxylic acids is 2. The Kier molecular flexibility index (Phi) is 8.49. The van der Waals surface area contributed by atoms with Crippen LogP contribution in [-0.2, 0) is 16.1 Å². The van der Waals surface area contributed by atoms with Crippen LogP contribution in [0.5, 0.6) is 5.75 Å². The number of nitrogens with zero attached hydrogens (tertiary/aromatic N) is 1. The summed E-state index contributed by atoms with van der Waals surface area (Å²) in [5.74, 6) is 0.739. The average Bonchev–Trinajstić information content (AvgIpc) is 2.63. The van der Waals surface area contributed by atoms with Crippen LogP contribution < -0.4 is 15.4 Å². The first-order valence-corrected chi connectivity index (χ1v) is 9.42. The van der Waals surface area contributed by atoms with Crippen molar-refractivity contribution < 1.29 is 14.3 Å². The van der Waals surface area contributed by atoms with Gasteiger partial charge in [0, 0.05) is 18.7 Å². The Morgan fingerprint density at radius 1 is 1.04 bits per heavy atom. The molecule has 2 aromatic carbocycles. The molecule has 0 saturated heterocycles. The monoisotopic (exact) mass is 383 g/mol. The topological polar surface area (TPSA) is 70.7 Å². The zero-order valence-electron chi connectivity index (χ0n) is 16.8. The molecule has 0 fully saturated rings. The Bertz CT molecular complexity index is 790. The number of ether oxygens (including phenoxy) is 1. The molecule has 0 spiro atoms. The van der Waals surface area contributed by atoms with Crippen molar-refractivity contribution >= 4 is 17.5 Å². The molecular weight excluding hydrogens is 354 g/mol. The molecule has 150 valence electrons. The minimum absolute atomic E-state index is 0.0186. The lowest BCUT2D eigenvalue weighted by molar-refractivity contribution is -0.121. The maximum atomic E-state index is 12.0. The molecule has 6 heteroatoms. The van der Waals surface area contributed by atoms with E-state index in [4.69, 9.17) is 4.74 Å². The summed E-state index contributed by atoms with van der Waals surface area (Å²) in [5.41, 5.74) is 2.81. The standard InChI is InChI=1S/C22H29N3O3/c1-17-7-4-10-20(13-17)28-12-6-11-21(26)23-15-18-8-5-9-19(14-18)24-22(27)16-25(2)3/h4-5,7-10,13-14H,6,11-12,15-16H2,1-3H3,(H,23,26)(H,24,27). The first kappa shape index (κ1) is 21.4. The van der Waals surface area contributed by atoms with Crippen LogP contribution in [0.25, 0.3) is 0 Å². The van der Waals surface area contributed by atoms with Gasteiger partial charge in [-0.3, -0.25) is 9.59 Å². The Balaban J connectivity index is 1.69. The number of aryl methyl sites for hydroxylation is 1. The molecule has 2 N–H and O–H groups in total. The molecule has 2 amide bonds. The molecule has 2 rings (SSSR count). The van der Waals surface area contributed by atoms with Gasteiger partial charge in [-0.05, 0) is 62.8 Å². The summed E-state index contributed by atoms with van der Waals surface area (Å²) in [4.78, 5) is 25.7. The molecule has 0 aromatic heterocycles. The second-order valence-corrected chi connectivity index (χ2v) is 7.03. The van der Waals surface area contributed by atoms with E-state index in [9.17, 15) is 9.59 Å². The highest BCUT2D eigenvalue weighted by Gasteiger charge is 2.06. The highest BCUT2D eigenvalue weighted by atomic mass is 16.5. The summed E-state index contributed by atoms with van der Waals surface area (Å²) in [5, 5.41) is 5.76. The van der Waals surface area contributed by atoms with Gasteiger partial charge >= 0.3 is 0 Å². The van der Waals surface area contributed by atoms with Gasteiger partial charge in [-0.2, -0.15) is 0 Å². The summed E-state index contributed by atoms with van der Waals surface area (Å²) >= 11 is 0. The third kappa shape index (κ3) is 8.22. The first-order valence-electron chi connectivity index (χ1n) is 9.42. The molecule has 2 aromatic rings. The van der Waals surface area contributed by atoms with Gasteiger partial charge in [-0.15, -0.1) is 0 Å². The molecule has 0 aliphatic rings. The molecule has 0 bridgehead atoms. The summed E-state index contributed by atoms with van der Waals surface area (Å²) in [7, 11) is 3.69. The number of benzene rings is 2. The van der Waals surface area contributed by atoms with Crippen molar-refractivity contribution in [1.82, 2.24) is 10.2 Å². The van der Waals surface area contributed by atoms with E-state index in [0.717, 1.165) is 22.6 Å². The van der Waals surface area contributed by atoms with Crippen molar-refractivity contribution in [2.75, 3.05) is 32.6 Å². The van der Waals surface area contributed by atoms with Gasteiger partial charge in [-0.1, -0.05) is 24.3 Å². The summed E-state index contributed by atoms with van der Waals surface area (Å²) in [6.45, 7) is 3.27. The van der Waals surface area contributed by atoms with E-state index in [1.165, 1.54) is 0 Å². The molecule has 0 radical (unpaired) electrons. The molecular formula is C22H29N3O3. The van der Waals surface area contributed by atoms with Crippen molar-refractivity contribution in [3.8, 4) is 5.75 Å². The Morgan fingerprint density at radius 3 is 2.57 bits per heavy atom. The van der Waals surface area contributed by atoms with Gasteiger partial charge in [0.1, 0.15) is 5.75 Å². The second-order valence-electron chi connectivity index (χ2n) is 7.03. The van der Waals surface area contributed by atoms with Crippen LogP contribution in [0.15, 0.2) is 48.5 Å². The molecule has 0 heterocycles. The quantitative estimate of drug-likeness (QED) is 0.619. The van der Waals surface area contributed by atoms with Crippen LogP contribution in [0.3, 0.4) is 0 Å². The van der Waals surface area contributed by atoms with Gasteiger partial charge in [-0.25, -0.2) is 0 Å². The Labute approximate surface area is 166 Å². The van der Waals surface area contributed by atoms with E-state index in [0.29, 0.717) is 32.5 Å². The van der Waals surface area contributed by atoms with E-state index < -0.39 is 0 Å². The maximum Gasteiger partial charge on any atom is 0.238 e. The predicted octanol–water partition coefficient (Wildman–Crippen LogP) is 2.97. The number of anilines is 1. The summed E-state index contributed by atoms with van der Waals surface area (Å²) in [6.07, 6.45) is 1.06. The maximum absolute atomic E-state index is 12.0. The number of nitrogens with one attached hydrogen (secondary N) is 2. The molecule has 0 aliphatic carbocycles.